The van der Waals surface area contributed by atoms with E-state index in [0.717, 1.165) is 23.4 Å². The molecule has 0 fully saturated rings. The van der Waals surface area contributed by atoms with E-state index in [-0.39, 0.29) is 12.5 Å². The van der Waals surface area contributed by atoms with Crippen LogP contribution in [0.15, 0.2) is 41.1 Å². The molecule has 0 spiro atoms. The smallest absolute Gasteiger partial charge is 0.255 e. The van der Waals surface area contributed by atoms with E-state index < -0.39 is 0 Å². The molecule has 0 aliphatic carbocycles. The number of methoxy groups -OCH3 is 1. The minimum atomic E-state index is -0.236. The van der Waals surface area contributed by atoms with Gasteiger partial charge in [-0.3, -0.25) is 4.79 Å². The van der Waals surface area contributed by atoms with Crippen LogP contribution in [-0.2, 0) is 6.54 Å². The Morgan fingerprint density at radius 3 is 2.83 bits per heavy atom. The highest BCUT2D eigenvalue weighted by Crippen LogP contribution is 2.38. The summed E-state index contributed by atoms with van der Waals surface area (Å²) in [6.45, 7) is 3.35. The predicted molar refractivity (Wildman–Crippen MR) is 107 cm³/mol. The molecular formula is C21H22N4O4. The number of fused-ring (bicyclic) bond motifs is 1. The van der Waals surface area contributed by atoms with Gasteiger partial charge in [0.25, 0.3) is 5.91 Å². The fourth-order valence-electron chi connectivity index (χ4n) is 3.23. The molecule has 3 heterocycles. The lowest BCUT2D eigenvalue weighted by molar-refractivity contribution is 0.0946. The highest BCUT2D eigenvalue weighted by atomic mass is 16.5. The van der Waals surface area contributed by atoms with E-state index in [9.17, 15) is 4.79 Å². The van der Waals surface area contributed by atoms with Gasteiger partial charge in [-0.15, -0.1) is 0 Å². The number of carbonyl (C=O) groups excluding carboxylic acids is 1. The number of nitrogens with zero attached hydrogens (tertiary/aromatic N) is 3. The summed E-state index contributed by atoms with van der Waals surface area (Å²) in [5, 5.41) is 6.81. The Bertz CT molecular complexity index is 1030. The average Bonchev–Trinajstić information content (AvgIpc) is 3.17. The maximum Gasteiger partial charge on any atom is 0.255 e. The molecule has 29 heavy (non-hydrogen) atoms. The molecule has 8 nitrogen and oxygen atoms in total. The van der Waals surface area contributed by atoms with Crippen molar-refractivity contribution in [2.24, 2.45) is 0 Å². The van der Waals surface area contributed by atoms with Crippen molar-refractivity contribution in [1.29, 1.82) is 0 Å². The molecule has 1 amide bonds. The van der Waals surface area contributed by atoms with Crippen molar-refractivity contribution in [3.63, 3.8) is 0 Å². The van der Waals surface area contributed by atoms with Crippen molar-refractivity contribution in [1.82, 2.24) is 15.5 Å². The summed E-state index contributed by atoms with van der Waals surface area (Å²) in [5.41, 5.74) is 3.76. The first kappa shape index (κ1) is 18.8. The van der Waals surface area contributed by atoms with Crippen molar-refractivity contribution in [3.05, 3.63) is 53.5 Å². The van der Waals surface area contributed by atoms with Gasteiger partial charge in [-0.05, 0) is 30.7 Å². The summed E-state index contributed by atoms with van der Waals surface area (Å²) >= 11 is 0. The molecule has 8 heteroatoms. The summed E-state index contributed by atoms with van der Waals surface area (Å²) in [6.07, 6.45) is 1.73. The quantitative estimate of drug-likeness (QED) is 0.712. The molecule has 0 saturated heterocycles. The summed E-state index contributed by atoms with van der Waals surface area (Å²) < 4.78 is 16.0. The Morgan fingerprint density at radius 2 is 2.14 bits per heavy atom. The van der Waals surface area contributed by atoms with Crippen LogP contribution >= 0.6 is 0 Å². The molecule has 150 valence electrons. The number of likely N-dealkylation sites (N-methyl/N-ethyl adjacent to an activating group) is 1. The molecule has 4 rings (SSSR count). The third-order valence-electron chi connectivity index (χ3n) is 4.78. The number of hydrogen-bond acceptors (Lipinski definition) is 7. The third-order valence-corrected chi connectivity index (χ3v) is 4.78. The van der Waals surface area contributed by atoms with E-state index in [1.807, 2.05) is 32.2 Å². The van der Waals surface area contributed by atoms with Gasteiger partial charge >= 0.3 is 0 Å². The average molecular weight is 394 g/mol. The van der Waals surface area contributed by atoms with Crippen LogP contribution in [0.25, 0.3) is 11.1 Å². The van der Waals surface area contributed by atoms with Gasteiger partial charge < -0.3 is 24.2 Å². The third kappa shape index (κ3) is 3.87. The first-order chi connectivity index (χ1) is 14.0. The first-order valence-corrected chi connectivity index (χ1v) is 9.28. The fourth-order valence-corrected chi connectivity index (χ4v) is 3.23. The van der Waals surface area contributed by atoms with Gasteiger partial charge in [0.1, 0.15) is 18.1 Å². The Balaban J connectivity index is 1.68. The number of carbonyl (C=O) groups is 1. The number of benzene rings is 1. The number of pyridine rings is 1. The van der Waals surface area contributed by atoms with Crippen molar-refractivity contribution in [3.8, 4) is 22.8 Å². The van der Waals surface area contributed by atoms with Crippen molar-refractivity contribution < 1.29 is 18.8 Å². The van der Waals surface area contributed by atoms with Gasteiger partial charge in [0.05, 0.1) is 31.5 Å². The molecule has 1 aliphatic heterocycles. The standard InChI is InChI=1S/C21H22N4O4/c1-13-8-16(24-29-13)12-23-21(26)17-9-15(14-4-5-19(27-3)22-11-14)10-18-20(17)28-7-6-25(18)2/h4-5,8-11H,6-7,12H2,1-3H3,(H,23,26). The van der Waals surface area contributed by atoms with Gasteiger partial charge in [0.2, 0.25) is 5.88 Å². The Kier molecular flexibility index (Phi) is 5.07. The number of aromatic nitrogens is 2. The summed E-state index contributed by atoms with van der Waals surface area (Å²) in [7, 11) is 3.56. The van der Waals surface area contributed by atoms with Crippen LogP contribution in [0, 0.1) is 6.92 Å². The number of anilines is 1. The normalized spacial score (nSPS) is 12.9. The van der Waals surface area contributed by atoms with Crippen LogP contribution in [0.3, 0.4) is 0 Å². The van der Waals surface area contributed by atoms with Gasteiger partial charge in [0, 0.05) is 30.9 Å². The molecule has 0 saturated carbocycles. The monoisotopic (exact) mass is 394 g/mol. The number of hydrogen-bond donors (Lipinski definition) is 1. The number of nitrogens with one attached hydrogen (secondary N) is 1. The van der Waals surface area contributed by atoms with E-state index >= 15 is 0 Å². The topological polar surface area (TPSA) is 89.7 Å². The van der Waals surface area contributed by atoms with Gasteiger partial charge in [-0.25, -0.2) is 4.98 Å². The minimum absolute atomic E-state index is 0.236. The van der Waals surface area contributed by atoms with Gasteiger partial charge in [0.15, 0.2) is 5.75 Å². The van der Waals surface area contributed by atoms with E-state index in [2.05, 4.69) is 20.4 Å². The zero-order valence-corrected chi connectivity index (χ0v) is 16.6. The van der Waals surface area contributed by atoms with Gasteiger partial charge in [-0.1, -0.05) is 5.16 Å². The van der Waals surface area contributed by atoms with Crippen LogP contribution < -0.4 is 19.7 Å². The number of rotatable bonds is 5. The van der Waals surface area contributed by atoms with E-state index in [0.29, 0.717) is 35.3 Å². The minimum Gasteiger partial charge on any atom is -0.489 e. The molecule has 0 unspecified atom stereocenters. The van der Waals surface area contributed by atoms with E-state index in [1.54, 1.807) is 25.4 Å². The second-order valence-electron chi connectivity index (χ2n) is 6.84. The maximum atomic E-state index is 13.0. The lowest BCUT2D eigenvalue weighted by atomic mass is 10.0. The fraction of sp³-hybridized carbons (Fsp3) is 0.286. The Morgan fingerprint density at radius 1 is 1.28 bits per heavy atom. The molecule has 3 aromatic rings. The molecule has 0 radical (unpaired) electrons. The number of ether oxygens (including phenoxy) is 2. The highest BCUT2D eigenvalue weighted by Gasteiger charge is 2.24. The van der Waals surface area contributed by atoms with Crippen LogP contribution in [0.4, 0.5) is 5.69 Å². The zero-order valence-electron chi connectivity index (χ0n) is 16.6. The van der Waals surface area contributed by atoms with Crippen LogP contribution in [0.5, 0.6) is 11.6 Å². The van der Waals surface area contributed by atoms with Crippen LogP contribution in [0.2, 0.25) is 0 Å². The zero-order chi connectivity index (χ0) is 20.4. The van der Waals surface area contributed by atoms with E-state index in [1.165, 1.54) is 0 Å². The number of aryl methyl sites for hydroxylation is 1. The largest absolute Gasteiger partial charge is 0.489 e. The summed E-state index contributed by atoms with van der Waals surface area (Å²) in [5.74, 6) is 1.58. The lowest BCUT2D eigenvalue weighted by Crippen LogP contribution is -2.31. The second-order valence-corrected chi connectivity index (χ2v) is 6.84. The Labute approximate surface area is 168 Å². The molecule has 0 bridgehead atoms. The molecule has 1 N–H and O–H groups in total. The van der Waals surface area contributed by atoms with Crippen molar-refractivity contribution in [2.75, 3.05) is 32.2 Å². The number of amides is 1. The Hall–Kier alpha value is -3.55. The molecule has 1 aliphatic rings. The lowest BCUT2D eigenvalue weighted by Gasteiger charge is -2.29. The molecule has 1 aromatic carbocycles. The van der Waals surface area contributed by atoms with Crippen molar-refractivity contribution >= 4 is 11.6 Å². The highest BCUT2D eigenvalue weighted by molar-refractivity contribution is 6.00. The molecule has 0 atom stereocenters. The molecular weight excluding hydrogens is 372 g/mol. The van der Waals surface area contributed by atoms with Crippen LogP contribution in [0.1, 0.15) is 21.8 Å². The molecule has 2 aromatic heterocycles. The van der Waals surface area contributed by atoms with E-state index in [4.69, 9.17) is 14.0 Å². The van der Waals surface area contributed by atoms with Crippen molar-refractivity contribution in [2.45, 2.75) is 13.5 Å². The summed E-state index contributed by atoms with van der Waals surface area (Å²) in [4.78, 5) is 19.3. The summed E-state index contributed by atoms with van der Waals surface area (Å²) in [6, 6.07) is 9.33. The second kappa shape index (κ2) is 7.83. The maximum absolute atomic E-state index is 13.0. The first-order valence-electron chi connectivity index (χ1n) is 9.28. The predicted octanol–water partition coefficient (Wildman–Crippen LogP) is 2.81. The van der Waals surface area contributed by atoms with Gasteiger partial charge in [-0.2, -0.15) is 0 Å². The van der Waals surface area contributed by atoms with Crippen LogP contribution in [-0.4, -0.2) is 43.4 Å². The SMILES string of the molecule is COc1ccc(-c2cc(C(=O)NCc3cc(C)on3)c3c(c2)N(C)CCO3)cn1.